The minimum atomic E-state index is -0.322. The van der Waals surface area contributed by atoms with E-state index in [9.17, 15) is 4.79 Å². The molecule has 8 heteroatoms. The number of carbonyl (C=O) groups excluding carboxylic acids is 1. The van der Waals surface area contributed by atoms with Crippen molar-refractivity contribution in [2.75, 3.05) is 26.6 Å². The highest BCUT2D eigenvalue weighted by Crippen LogP contribution is 2.40. The van der Waals surface area contributed by atoms with Crippen LogP contribution in [0.3, 0.4) is 0 Å². The molecule has 4 rings (SSSR count). The summed E-state index contributed by atoms with van der Waals surface area (Å²) in [4.78, 5) is 21.5. The van der Waals surface area contributed by atoms with Crippen LogP contribution >= 0.6 is 0 Å². The van der Waals surface area contributed by atoms with E-state index in [1.54, 1.807) is 18.3 Å². The van der Waals surface area contributed by atoms with Crippen LogP contribution < -0.4 is 19.5 Å². The van der Waals surface area contributed by atoms with Crippen molar-refractivity contribution in [3.63, 3.8) is 0 Å². The van der Waals surface area contributed by atoms with Gasteiger partial charge in [0.1, 0.15) is 0 Å². The summed E-state index contributed by atoms with van der Waals surface area (Å²) >= 11 is 0. The van der Waals surface area contributed by atoms with Gasteiger partial charge in [0.25, 0.3) is 5.91 Å². The van der Waals surface area contributed by atoms with Crippen molar-refractivity contribution in [3.8, 4) is 28.5 Å². The molecule has 0 aliphatic carbocycles. The predicted octanol–water partition coefficient (Wildman–Crippen LogP) is 3.67. The first-order valence-corrected chi connectivity index (χ1v) is 9.15. The molecule has 1 amide bonds. The van der Waals surface area contributed by atoms with E-state index in [1.807, 2.05) is 47.1 Å². The summed E-state index contributed by atoms with van der Waals surface area (Å²) in [5.41, 5.74) is 2.70. The van der Waals surface area contributed by atoms with Crippen LogP contribution in [0.25, 0.3) is 17.0 Å². The molecular formula is C22H20N4O4. The van der Waals surface area contributed by atoms with Gasteiger partial charge in [-0.1, -0.05) is 12.1 Å². The lowest BCUT2D eigenvalue weighted by molar-refractivity contribution is 0.102. The van der Waals surface area contributed by atoms with Gasteiger partial charge in [-0.3, -0.25) is 9.20 Å². The number of nitrogens with one attached hydrogen (secondary N) is 1. The normalized spacial score (nSPS) is 10.6. The van der Waals surface area contributed by atoms with Crippen LogP contribution in [0.1, 0.15) is 10.4 Å². The summed E-state index contributed by atoms with van der Waals surface area (Å²) in [6.45, 7) is 0. The molecule has 8 nitrogen and oxygen atoms in total. The van der Waals surface area contributed by atoms with E-state index in [0.717, 1.165) is 11.3 Å². The van der Waals surface area contributed by atoms with Crippen molar-refractivity contribution in [2.45, 2.75) is 0 Å². The minimum Gasteiger partial charge on any atom is -0.493 e. The van der Waals surface area contributed by atoms with E-state index in [-0.39, 0.29) is 5.91 Å². The fraction of sp³-hybridized carbons (Fsp3) is 0.136. The number of benzene rings is 2. The zero-order valence-electron chi connectivity index (χ0n) is 16.7. The van der Waals surface area contributed by atoms with Gasteiger partial charge in [0.05, 0.1) is 32.6 Å². The van der Waals surface area contributed by atoms with Gasteiger partial charge >= 0.3 is 0 Å². The number of aromatic nitrogens is 3. The third-order valence-corrected chi connectivity index (χ3v) is 4.62. The fourth-order valence-corrected chi connectivity index (χ4v) is 3.17. The summed E-state index contributed by atoms with van der Waals surface area (Å²) in [6, 6.07) is 12.6. The Bertz CT molecular complexity index is 1170. The second-order valence-electron chi connectivity index (χ2n) is 6.37. The predicted molar refractivity (Wildman–Crippen MR) is 112 cm³/mol. The number of imidazole rings is 1. The lowest BCUT2D eigenvalue weighted by Crippen LogP contribution is -2.14. The highest BCUT2D eigenvalue weighted by molar-refractivity contribution is 6.07. The molecule has 4 aromatic rings. The Kier molecular flexibility index (Phi) is 5.21. The van der Waals surface area contributed by atoms with Gasteiger partial charge in [-0.2, -0.15) is 0 Å². The summed E-state index contributed by atoms with van der Waals surface area (Å²) in [7, 11) is 4.50. The van der Waals surface area contributed by atoms with E-state index in [0.29, 0.717) is 34.3 Å². The minimum absolute atomic E-state index is 0.308. The first-order valence-electron chi connectivity index (χ1n) is 9.15. The Morgan fingerprint density at radius 2 is 1.73 bits per heavy atom. The molecule has 2 aromatic heterocycles. The van der Waals surface area contributed by atoms with Crippen molar-refractivity contribution in [1.29, 1.82) is 0 Å². The van der Waals surface area contributed by atoms with Crippen molar-refractivity contribution < 1.29 is 19.0 Å². The lowest BCUT2D eigenvalue weighted by atomic mass is 10.1. The second kappa shape index (κ2) is 8.12. The van der Waals surface area contributed by atoms with Crippen LogP contribution in [0.5, 0.6) is 17.2 Å². The number of hydrogen-bond donors (Lipinski definition) is 1. The van der Waals surface area contributed by atoms with Gasteiger partial charge < -0.3 is 19.5 Å². The standard InChI is InChI=1S/C22H20N4O4/c1-28-18-10-9-16(19(29-2)20(18)30-3)21(27)24-15-7-5-14(6-8-15)17-13-26-12-4-11-23-22(26)25-17/h4-13H,1-3H3,(H,24,27). The van der Waals surface area contributed by atoms with Crippen LogP contribution in [0, 0.1) is 0 Å². The number of anilines is 1. The molecular weight excluding hydrogens is 384 g/mol. The number of amides is 1. The molecule has 0 bridgehead atoms. The van der Waals surface area contributed by atoms with Crippen LogP contribution in [-0.2, 0) is 0 Å². The van der Waals surface area contributed by atoms with E-state index < -0.39 is 0 Å². The van der Waals surface area contributed by atoms with E-state index in [1.165, 1.54) is 21.3 Å². The molecule has 0 spiro atoms. The Morgan fingerprint density at radius 3 is 2.40 bits per heavy atom. The van der Waals surface area contributed by atoms with Crippen LogP contribution in [-0.4, -0.2) is 41.6 Å². The largest absolute Gasteiger partial charge is 0.493 e. The highest BCUT2D eigenvalue weighted by atomic mass is 16.5. The molecule has 30 heavy (non-hydrogen) atoms. The Labute approximate surface area is 173 Å². The molecule has 0 atom stereocenters. The molecule has 0 radical (unpaired) electrons. The van der Waals surface area contributed by atoms with Crippen LogP contribution in [0.4, 0.5) is 5.69 Å². The van der Waals surface area contributed by atoms with Gasteiger partial charge in [-0.15, -0.1) is 0 Å². The average molecular weight is 404 g/mol. The molecule has 0 aliphatic rings. The second-order valence-corrected chi connectivity index (χ2v) is 6.37. The molecule has 1 N–H and O–H groups in total. The zero-order chi connectivity index (χ0) is 21.1. The van der Waals surface area contributed by atoms with Crippen LogP contribution in [0.2, 0.25) is 0 Å². The first-order chi connectivity index (χ1) is 14.6. The van der Waals surface area contributed by atoms with E-state index >= 15 is 0 Å². The number of nitrogens with zero attached hydrogens (tertiary/aromatic N) is 3. The molecule has 2 aromatic carbocycles. The number of hydrogen-bond acceptors (Lipinski definition) is 6. The monoisotopic (exact) mass is 404 g/mol. The molecule has 0 unspecified atom stereocenters. The number of methoxy groups -OCH3 is 3. The number of rotatable bonds is 6. The smallest absolute Gasteiger partial charge is 0.259 e. The maximum absolute atomic E-state index is 12.8. The third-order valence-electron chi connectivity index (χ3n) is 4.62. The molecule has 152 valence electrons. The van der Waals surface area contributed by atoms with Gasteiger partial charge in [0.15, 0.2) is 11.5 Å². The Hall–Kier alpha value is -4.07. The molecule has 2 heterocycles. The van der Waals surface area contributed by atoms with Crippen molar-refractivity contribution in [3.05, 3.63) is 66.6 Å². The molecule has 0 saturated carbocycles. The number of fused-ring (bicyclic) bond motifs is 1. The number of ether oxygens (including phenoxy) is 3. The molecule has 0 fully saturated rings. The van der Waals surface area contributed by atoms with E-state index in [4.69, 9.17) is 14.2 Å². The van der Waals surface area contributed by atoms with Gasteiger partial charge in [-0.25, -0.2) is 9.97 Å². The zero-order valence-corrected chi connectivity index (χ0v) is 16.7. The van der Waals surface area contributed by atoms with Crippen LogP contribution in [0.15, 0.2) is 61.1 Å². The first kappa shape index (κ1) is 19.3. The highest BCUT2D eigenvalue weighted by Gasteiger charge is 2.20. The summed E-state index contributed by atoms with van der Waals surface area (Å²) in [5.74, 6) is 1.46. The van der Waals surface area contributed by atoms with Gasteiger partial charge in [0, 0.05) is 29.8 Å². The summed E-state index contributed by atoms with van der Waals surface area (Å²) in [6.07, 6.45) is 5.50. The Morgan fingerprint density at radius 1 is 0.967 bits per heavy atom. The SMILES string of the molecule is COc1ccc(C(=O)Nc2ccc(-c3cn4cccnc4n3)cc2)c(OC)c1OC. The van der Waals surface area contributed by atoms with Crippen molar-refractivity contribution in [1.82, 2.24) is 14.4 Å². The van der Waals surface area contributed by atoms with Crippen molar-refractivity contribution >= 4 is 17.4 Å². The number of carbonyl (C=O) groups is 1. The Balaban J connectivity index is 1.57. The van der Waals surface area contributed by atoms with E-state index in [2.05, 4.69) is 15.3 Å². The summed E-state index contributed by atoms with van der Waals surface area (Å²) in [5, 5.41) is 2.87. The topological polar surface area (TPSA) is 87.0 Å². The average Bonchev–Trinajstić information content (AvgIpc) is 3.22. The maximum Gasteiger partial charge on any atom is 0.259 e. The quantitative estimate of drug-likeness (QED) is 0.528. The molecule has 0 aliphatic heterocycles. The third kappa shape index (κ3) is 3.50. The molecule has 0 saturated heterocycles. The lowest BCUT2D eigenvalue weighted by Gasteiger charge is -2.15. The summed E-state index contributed by atoms with van der Waals surface area (Å²) < 4.78 is 17.9. The van der Waals surface area contributed by atoms with Gasteiger partial charge in [0.2, 0.25) is 11.5 Å². The van der Waals surface area contributed by atoms with Gasteiger partial charge in [-0.05, 0) is 30.3 Å². The van der Waals surface area contributed by atoms with Crippen molar-refractivity contribution in [2.24, 2.45) is 0 Å². The maximum atomic E-state index is 12.8. The fourth-order valence-electron chi connectivity index (χ4n) is 3.17.